The third kappa shape index (κ3) is 4.39. The van der Waals surface area contributed by atoms with Crippen LogP contribution in [0.5, 0.6) is 5.75 Å². The molecule has 0 radical (unpaired) electrons. The number of fused-ring (bicyclic) bond motifs is 1. The predicted octanol–water partition coefficient (Wildman–Crippen LogP) is 5.09. The van der Waals surface area contributed by atoms with E-state index in [9.17, 15) is 14.9 Å². The Bertz CT molecular complexity index is 1490. The number of para-hydroxylation sites is 1. The quantitative estimate of drug-likeness (QED) is 0.363. The molecule has 7 heteroatoms. The number of furan rings is 1. The van der Waals surface area contributed by atoms with Gasteiger partial charge in [0.05, 0.1) is 19.4 Å². The molecule has 1 fully saturated rings. The van der Waals surface area contributed by atoms with Gasteiger partial charge in [0.2, 0.25) is 5.91 Å². The predicted molar refractivity (Wildman–Crippen MR) is 144 cm³/mol. The number of ether oxygens (including phenoxy) is 1. The van der Waals surface area contributed by atoms with E-state index in [-0.39, 0.29) is 17.6 Å². The molecule has 38 heavy (non-hydrogen) atoms. The Morgan fingerprint density at radius 1 is 0.895 bits per heavy atom. The summed E-state index contributed by atoms with van der Waals surface area (Å²) in [6, 6.07) is 27.2. The van der Waals surface area contributed by atoms with Gasteiger partial charge in [-0.15, -0.1) is 0 Å². The number of carbonyl (C=O) groups excluding carboxylic acids is 2. The minimum Gasteiger partial charge on any atom is -0.496 e. The van der Waals surface area contributed by atoms with Crippen LogP contribution >= 0.6 is 0 Å². The van der Waals surface area contributed by atoms with Crippen molar-refractivity contribution in [3.8, 4) is 11.8 Å². The van der Waals surface area contributed by atoms with Gasteiger partial charge < -0.3 is 19.0 Å². The number of methoxy groups -OCH3 is 1. The first-order valence-electron chi connectivity index (χ1n) is 12.6. The monoisotopic (exact) mass is 507 g/mol. The number of rotatable bonds is 6. The molecular weight excluding hydrogens is 478 g/mol. The first kappa shape index (κ1) is 25.1. The lowest BCUT2D eigenvalue weighted by atomic mass is 9.68. The fourth-order valence-corrected chi connectivity index (χ4v) is 5.43. The Kier molecular flexibility index (Phi) is 6.89. The van der Waals surface area contributed by atoms with Gasteiger partial charge in [0.1, 0.15) is 11.2 Å². The highest BCUT2D eigenvalue weighted by Gasteiger charge is 2.48. The summed E-state index contributed by atoms with van der Waals surface area (Å²) in [5.74, 6) is -0.167. The second-order valence-electron chi connectivity index (χ2n) is 9.62. The van der Waals surface area contributed by atoms with Crippen molar-refractivity contribution >= 4 is 22.6 Å². The maximum atomic E-state index is 14.2. The zero-order valence-corrected chi connectivity index (χ0v) is 21.5. The van der Waals surface area contributed by atoms with Crippen molar-refractivity contribution in [1.29, 1.82) is 5.26 Å². The van der Waals surface area contributed by atoms with Crippen molar-refractivity contribution < 1.29 is 18.7 Å². The summed E-state index contributed by atoms with van der Waals surface area (Å²) in [7, 11) is 1.60. The molecule has 5 rings (SSSR count). The zero-order chi connectivity index (χ0) is 26.7. The van der Waals surface area contributed by atoms with Crippen LogP contribution in [0.25, 0.3) is 10.8 Å². The highest BCUT2D eigenvalue weighted by atomic mass is 16.5. The number of benzene rings is 3. The Morgan fingerprint density at radius 2 is 1.55 bits per heavy atom. The van der Waals surface area contributed by atoms with Crippen LogP contribution < -0.4 is 4.74 Å². The minimum absolute atomic E-state index is 0.201. The molecule has 0 bridgehead atoms. The van der Waals surface area contributed by atoms with Crippen LogP contribution in [-0.4, -0.2) is 54.9 Å². The third-order valence-electron chi connectivity index (χ3n) is 7.42. The molecule has 1 aliphatic rings. The number of nitrogens with zero attached hydrogens (tertiary/aromatic N) is 3. The molecule has 0 spiro atoms. The van der Waals surface area contributed by atoms with E-state index in [0.29, 0.717) is 31.9 Å². The van der Waals surface area contributed by atoms with Gasteiger partial charge in [0.25, 0.3) is 5.91 Å². The summed E-state index contributed by atoms with van der Waals surface area (Å²) in [6.45, 7) is 3.10. The Morgan fingerprint density at radius 3 is 2.26 bits per heavy atom. The average Bonchev–Trinajstić information content (AvgIpc) is 3.52. The molecule has 192 valence electrons. The second kappa shape index (κ2) is 10.4. The van der Waals surface area contributed by atoms with Gasteiger partial charge in [-0.2, -0.15) is 5.26 Å². The van der Waals surface area contributed by atoms with Gasteiger partial charge in [-0.3, -0.25) is 9.59 Å². The van der Waals surface area contributed by atoms with E-state index in [4.69, 9.17) is 9.15 Å². The van der Waals surface area contributed by atoms with Crippen molar-refractivity contribution in [1.82, 2.24) is 9.80 Å². The summed E-state index contributed by atoms with van der Waals surface area (Å²) < 4.78 is 11.0. The Balaban J connectivity index is 1.53. The van der Waals surface area contributed by atoms with Crippen LogP contribution in [0.1, 0.15) is 34.5 Å². The summed E-state index contributed by atoms with van der Waals surface area (Å²) >= 11 is 0. The third-order valence-corrected chi connectivity index (χ3v) is 7.42. The average molecular weight is 508 g/mol. The van der Waals surface area contributed by atoms with Crippen LogP contribution in [0.4, 0.5) is 0 Å². The molecule has 0 N–H and O–H groups in total. The minimum atomic E-state index is -1.44. The van der Waals surface area contributed by atoms with E-state index >= 15 is 0 Å². The van der Waals surface area contributed by atoms with Crippen molar-refractivity contribution in [3.05, 3.63) is 102 Å². The molecule has 0 aliphatic carbocycles. The van der Waals surface area contributed by atoms with Crippen molar-refractivity contribution in [2.75, 3.05) is 33.3 Å². The van der Waals surface area contributed by atoms with Gasteiger partial charge in [-0.25, -0.2) is 0 Å². The van der Waals surface area contributed by atoms with Gasteiger partial charge in [0.15, 0.2) is 5.76 Å². The van der Waals surface area contributed by atoms with Gasteiger partial charge in [0, 0.05) is 37.7 Å². The lowest BCUT2D eigenvalue weighted by Crippen LogP contribution is -2.54. The maximum absolute atomic E-state index is 14.2. The number of piperazine rings is 1. The summed E-state index contributed by atoms with van der Waals surface area (Å²) in [6.07, 6.45) is 1.47. The van der Waals surface area contributed by atoms with Crippen LogP contribution in [0.3, 0.4) is 0 Å². The Hall–Kier alpha value is -4.57. The summed E-state index contributed by atoms with van der Waals surface area (Å²) in [5.41, 5.74) is 0.221. The van der Waals surface area contributed by atoms with Gasteiger partial charge in [-0.05, 0) is 41.5 Å². The van der Waals surface area contributed by atoms with E-state index in [1.807, 2.05) is 66.7 Å². The van der Waals surface area contributed by atoms with Crippen molar-refractivity contribution in [3.63, 3.8) is 0 Å². The molecular formula is C31H29N3O4. The maximum Gasteiger partial charge on any atom is 0.289 e. The summed E-state index contributed by atoms with van der Waals surface area (Å²) in [5, 5.41) is 12.7. The first-order chi connectivity index (χ1) is 18.5. The van der Waals surface area contributed by atoms with Gasteiger partial charge >= 0.3 is 0 Å². The van der Waals surface area contributed by atoms with Crippen LogP contribution in [-0.2, 0) is 4.79 Å². The Labute approximate surface area is 221 Å². The van der Waals surface area contributed by atoms with Crippen LogP contribution in [0.2, 0.25) is 0 Å². The lowest BCUT2D eigenvalue weighted by Gasteiger charge is -2.40. The largest absolute Gasteiger partial charge is 0.496 e. The van der Waals surface area contributed by atoms with E-state index < -0.39 is 11.3 Å². The normalized spacial score (nSPS) is 15.9. The summed E-state index contributed by atoms with van der Waals surface area (Å²) in [4.78, 5) is 30.3. The first-order valence-corrected chi connectivity index (χ1v) is 12.6. The van der Waals surface area contributed by atoms with Crippen LogP contribution in [0, 0.1) is 16.7 Å². The van der Waals surface area contributed by atoms with E-state index in [2.05, 4.69) is 6.07 Å². The second-order valence-corrected chi connectivity index (χ2v) is 9.62. The van der Waals surface area contributed by atoms with E-state index in [1.165, 1.54) is 6.26 Å². The van der Waals surface area contributed by atoms with Crippen LogP contribution in [0.15, 0.2) is 89.5 Å². The highest BCUT2D eigenvalue weighted by molar-refractivity contribution is 5.93. The van der Waals surface area contributed by atoms with Crippen molar-refractivity contribution in [2.24, 2.45) is 5.41 Å². The number of hydrogen-bond donors (Lipinski definition) is 0. The molecule has 3 aromatic carbocycles. The molecule has 2 atom stereocenters. The topological polar surface area (TPSA) is 86.8 Å². The van der Waals surface area contributed by atoms with E-state index in [0.717, 1.165) is 21.9 Å². The highest BCUT2D eigenvalue weighted by Crippen LogP contribution is 2.47. The fraction of sp³-hybridized carbons (Fsp3) is 0.258. The fourth-order valence-electron chi connectivity index (χ4n) is 5.43. The lowest BCUT2D eigenvalue weighted by molar-refractivity contribution is -0.140. The standard InChI is InChI=1S/C31H29N3O4/c1-31(21-32,30(36)34-18-16-33(17-19-34)29(35)27-15-8-20-38-27)28(25-12-5-6-14-26(25)37-2)24-13-7-10-22-9-3-4-11-23(22)24/h3-15,20,28H,16-19H2,1-2H3/t28?,31-/m1/s1. The van der Waals surface area contributed by atoms with Crippen molar-refractivity contribution in [2.45, 2.75) is 12.8 Å². The number of nitriles is 1. The zero-order valence-electron chi connectivity index (χ0n) is 21.5. The molecule has 1 aliphatic heterocycles. The molecule has 0 saturated carbocycles. The molecule has 1 unspecified atom stereocenters. The smallest absolute Gasteiger partial charge is 0.289 e. The van der Waals surface area contributed by atoms with E-state index in [1.54, 1.807) is 36.0 Å². The molecule has 2 amide bonds. The number of amides is 2. The number of carbonyl (C=O) groups is 2. The molecule has 1 aromatic heterocycles. The van der Waals surface area contributed by atoms with Gasteiger partial charge in [-0.1, -0.05) is 60.7 Å². The molecule has 7 nitrogen and oxygen atoms in total. The molecule has 1 saturated heterocycles. The number of hydrogen-bond acceptors (Lipinski definition) is 5. The SMILES string of the molecule is COc1ccccc1C(c1cccc2ccccc12)[C@@](C)(C#N)C(=O)N1CCN(C(=O)c2ccco2)CC1. The molecule has 4 aromatic rings. The molecule has 2 heterocycles.